The predicted octanol–water partition coefficient (Wildman–Crippen LogP) is 2.95. The Bertz CT molecular complexity index is 415. The molecule has 4 rings (SSSR count). The number of carbonyl (C=O) groups is 1. The van der Waals surface area contributed by atoms with Crippen LogP contribution < -0.4 is 0 Å². The Kier molecular flexibility index (Phi) is 3.17. The number of rotatable bonds is 3. The summed E-state index contributed by atoms with van der Waals surface area (Å²) in [4.78, 5) is 12.9. The summed E-state index contributed by atoms with van der Waals surface area (Å²) in [5.74, 6) is 1.73. The predicted molar refractivity (Wildman–Crippen MR) is 77.6 cm³/mol. The second-order valence-electron chi connectivity index (χ2n) is 7.14. The summed E-state index contributed by atoms with van der Waals surface area (Å²) in [6, 6.07) is 0. The molecule has 0 aromatic carbocycles. The van der Waals surface area contributed by atoms with Crippen LogP contribution in [0.25, 0.3) is 0 Å². The van der Waals surface area contributed by atoms with Crippen LogP contribution in [-0.2, 0) is 4.79 Å². The number of piperidine rings is 3. The Morgan fingerprint density at radius 1 is 1.21 bits per heavy atom. The van der Waals surface area contributed by atoms with Crippen LogP contribution in [0.2, 0.25) is 0 Å². The van der Waals surface area contributed by atoms with E-state index in [1.165, 1.54) is 38.9 Å². The highest BCUT2D eigenvalue weighted by Gasteiger charge is 2.45. The van der Waals surface area contributed by atoms with E-state index in [4.69, 9.17) is 0 Å². The number of hydrogen-bond acceptors (Lipinski definition) is 1. The maximum absolute atomic E-state index is 12.9. The minimum atomic E-state index is -0.282. The highest BCUT2D eigenvalue weighted by molar-refractivity contribution is 5.88. The number of fused-ring (bicyclic) bond motifs is 3. The Morgan fingerprint density at radius 2 is 1.84 bits per heavy atom. The molecule has 3 saturated heterocycles. The lowest BCUT2D eigenvalue weighted by atomic mass is 9.71. The molecule has 2 bridgehead atoms. The number of carbonyl (C=O) groups excluding carboxylic acids is 1. The van der Waals surface area contributed by atoms with Crippen molar-refractivity contribution in [3.63, 3.8) is 0 Å². The lowest BCUT2D eigenvalue weighted by Gasteiger charge is -2.49. The van der Waals surface area contributed by atoms with Crippen molar-refractivity contribution in [2.75, 3.05) is 26.2 Å². The van der Waals surface area contributed by atoms with Gasteiger partial charge in [0.15, 0.2) is 5.78 Å². The molecule has 0 aromatic heterocycles. The Labute approximate surface area is 116 Å². The first-order chi connectivity index (χ1) is 9.04. The van der Waals surface area contributed by atoms with Crippen molar-refractivity contribution in [1.29, 1.82) is 0 Å². The molecule has 3 fully saturated rings. The van der Waals surface area contributed by atoms with Crippen molar-refractivity contribution in [1.82, 2.24) is 0 Å². The van der Waals surface area contributed by atoms with Crippen LogP contribution in [-0.4, -0.2) is 36.4 Å². The van der Waals surface area contributed by atoms with Crippen LogP contribution in [0.15, 0.2) is 24.3 Å². The molecule has 4 aliphatic rings. The molecule has 3 aliphatic heterocycles. The fourth-order valence-electron chi connectivity index (χ4n) is 4.03. The van der Waals surface area contributed by atoms with Gasteiger partial charge in [0.25, 0.3) is 0 Å². The van der Waals surface area contributed by atoms with Gasteiger partial charge in [0.2, 0.25) is 0 Å². The second-order valence-corrected chi connectivity index (χ2v) is 7.14. The molecule has 0 radical (unpaired) electrons. The standard InChI is InChI=1S/C17H26NO/c1-14-5-3-4-9-17(14,2)16(19)13-18-10-6-15(7-11-18)8-12-18/h3-5,9,14-15H,6-8,10-13H2,1-2H3/q+1. The SMILES string of the molecule is CC1C=CC=CC1(C)C(=O)C[N+]12CCC(CC1)CC2. The average molecular weight is 260 g/mol. The number of quaternary nitrogens is 1. The van der Waals surface area contributed by atoms with Gasteiger partial charge in [-0.2, -0.15) is 0 Å². The molecule has 1 aliphatic carbocycles. The maximum Gasteiger partial charge on any atom is 0.197 e. The van der Waals surface area contributed by atoms with E-state index in [2.05, 4.69) is 32.1 Å². The minimum Gasteiger partial charge on any atom is -0.317 e. The molecule has 3 heterocycles. The molecule has 0 saturated carbocycles. The fraction of sp³-hybridized carbons (Fsp3) is 0.706. The Hall–Kier alpha value is -0.890. The summed E-state index contributed by atoms with van der Waals surface area (Å²) < 4.78 is 1.08. The quantitative estimate of drug-likeness (QED) is 0.713. The molecule has 2 heteroatoms. The van der Waals surface area contributed by atoms with Crippen molar-refractivity contribution < 1.29 is 9.28 Å². The molecule has 19 heavy (non-hydrogen) atoms. The van der Waals surface area contributed by atoms with Crippen LogP contribution >= 0.6 is 0 Å². The highest BCUT2D eigenvalue weighted by atomic mass is 16.1. The lowest BCUT2D eigenvalue weighted by molar-refractivity contribution is -0.935. The first kappa shape index (κ1) is 13.1. The average Bonchev–Trinajstić information content (AvgIpc) is 2.44. The summed E-state index contributed by atoms with van der Waals surface area (Å²) in [6.07, 6.45) is 12.4. The first-order valence-corrected chi connectivity index (χ1v) is 7.79. The first-order valence-electron chi connectivity index (χ1n) is 7.79. The monoisotopic (exact) mass is 260 g/mol. The van der Waals surface area contributed by atoms with Gasteiger partial charge in [-0.25, -0.2) is 0 Å². The van der Waals surface area contributed by atoms with Crippen molar-refractivity contribution in [2.45, 2.75) is 33.1 Å². The molecule has 0 amide bonds. The smallest absolute Gasteiger partial charge is 0.197 e. The van der Waals surface area contributed by atoms with Crippen LogP contribution in [0, 0.1) is 17.3 Å². The third kappa shape index (κ3) is 2.20. The largest absolute Gasteiger partial charge is 0.317 e. The molecule has 104 valence electrons. The molecular formula is C17H26NO+. The number of ketones is 1. The van der Waals surface area contributed by atoms with Crippen molar-refractivity contribution >= 4 is 5.78 Å². The van der Waals surface area contributed by atoms with E-state index in [1.807, 2.05) is 6.08 Å². The summed E-state index contributed by atoms with van der Waals surface area (Å²) in [5, 5.41) is 0. The van der Waals surface area contributed by atoms with Crippen LogP contribution in [0.3, 0.4) is 0 Å². The van der Waals surface area contributed by atoms with Gasteiger partial charge in [0.05, 0.1) is 25.0 Å². The Morgan fingerprint density at radius 3 is 2.42 bits per heavy atom. The van der Waals surface area contributed by atoms with E-state index >= 15 is 0 Å². The lowest BCUT2D eigenvalue weighted by Crippen LogP contribution is -2.61. The molecule has 2 nitrogen and oxygen atoms in total. The summed E-state index contributed by atoms with van der Waals surface area (Å²) >= 11 is 0. The van der Waals surface area contributed by atoms with Crippen molar-refractivity contribution in [3.8, 4) is 0 Å². The van der Waals surface area contributed by atoms with E-state index < -0.39 is 0 Å². The number of Topliss-reactive ketones (excluding diaryl/α,β-unsaturated/α-hetero) is 1. The minimum absolute atomic E-state index is 0.282. The molecule has 0 N–H and O–H groups in total. The van der Waals surface area contributed by atoms with Crippen molar-refractivity contribution in [2.24, 2.45) is 17.3 Å². The highest BCUT2D eigenvalue weighted by Crippen LogP contribution is 2.38. The van der Waals surface area contributed by atoms with Gasteiger partial charge in [0, 0.05) is 0 Å². The summed E-state index contributed by atoms with van der Waals surface area (Å²) in [5.41, 5.74) is -0.282. The van der Waals surface area contributed by atoms with Crippen LogP contribution in [0.1, 0.15) is 33.1 Å². The van der Waals surface area contributed by atoms with E-state index in [9.17, 15) is 4.79 Å². The Balaban J connectivity index is 1.74. The van der Waals surface area contributed by atoms with Gasteiger partial charge in [0.1, 0.15) is 6.54 Å². The van der Waals surface area contributed by atoms with E-state index in [0.717, 1.165) is 16.9 Å². The van der Waals surface area contributed by atoms with Gasteiger partial charge < -0.3 is 4.48 Å². The third-order valence-electron chi connectivity index (χ3n) is 6.01. The van der Waals surface area contributed by atoms with Crippen LogP contribution in [0.5, 0.6) is 0 Å². The van der Waals surface area contributed by atoms with Crippen LogP contribution in [0.4, 0.5) is 0 Å². The van der Waals surface area contributed by atoms with Gasteiger partial charge >= 0.3 is 0 Å². The van der Waals surface area contributed by atoms with E-state index in [0.29, 0.717) is 11.7 Å². The molecule has 2 atom stereocenters. The molecule has 0 spiro atoms. The number of hydrogen-bond donors (Lipinski definition) is 0. The van der Waals surface area contributed by atoms with Gasteiger partial charge in [-0.15, -0.1) is 0 Å². The van der Waals surface area contributed by atoms with E-state index in [-0.39, 0.29) is 5.41 Å². The van der Waals surface area contributed by atoms with Crippen molar-refractivity contribution in [3.05, 3.63) is 24.3 Å². The number of allylic oxidation sites excluding steroid dienone is 4. The van der Waals surface area contributed by atoms with Gasteiger partial charge in [-0.3, -0.25) is 4.79 Å². The zero-order valence-corrected chi connectivity index (χ0v) is 12.3. The summed E-state index contributed by atoms with van der Waals surface area (Å²) in [7, 11) is 0. The maximum atomic E-state index is 12.9. The fourth-order valence-corrected chi connectivity index (χ4v) is 4.03. The van der Waals surface area contributed by atoms with Gasteiger partial charge in [-0.05, 0) is 38.0 Å². The number of nitrogens with zero attached hydrogens (tertiary/aromatic N) is 1. The van der Waals surface area contributed by atoms with Gasteiger partial charge in [-0.1, -0.05) is 31.2 Å². The zero-order chi connectivity index (χ0) is 13.5. The van der Waals surface area contributed by atoms with E-state index in [1.54, 1.807) is 0 Å². The second kappa shape index (κ2) is 4.59. The molecule has 0 aromatic rings. The topological polar surface area (TPSA) is 17.1 Å². The normalized spacial score (nSPS) is 44.5. The zero-order valence-electron chi connectivity index (χ0n) is 12.3. The molecule has 2 unspecified atom stereocenters. The molecular weight excluding hydrogens is 234 g/mol. The summed E-state index contributed by atoms with van der Waals surface area (Å²) in [6.45, 7) is 8.75. The third-order valence-corrected chi connectivity index (χ3v) is 6.01.